The lowest BCUT2D eigenvalue weighted by atomic mass is 9.82. The fourth-order valence-corrected chi connectivity index (χ4v) is 12.3. The van der Waals surface area contributed by atoms with E-state index in [1.165, 1.54) is 130 Å². The van der Waals surface area contributed by atoms with Crippen molar-refractivity contribution in [3.05, 3.63) is 205 Å². The summed E-state index contributed by atoms with van der Waals surface area (Å²) < 4.78 is 2.78. The third kappa shape index (κ3) is 4.73. The summed E-state index contributed by atoms with van der Waals surface area (Å²) >= 11 is 1.96. The molecule has 0 spiro atoms. The van der Waals surface area contributed by atoms with E-state index in [1.807, 2.05) is 11.3 Å². The van der Waals surface area contributed by atoms with Crippen molar-refractivity contribution in [1.82, 2.24) is 0 Å². The van der Waals surface area contributed by atoms with Gasteiger partial charge < -0.3 is 0 Å². The van der Waals surface area contributed by atoms with E-state index in [9.17, 15) is 0 Å². The first-order valence-corrected chi connectivity index (χ1v) is 21.8. The van der Waals surface area contributed by atoms with Gasteiger partial charge >= 0.3 is 0 Å². The maximum atomic E-state index is 2.44. The molecule has 0 fully saturated rings. The standard InChI is InChI=1S/C59H38S/c1-59(2)53-22-12-11-17-44(53)50-29-30-51-52-33-40-32-38(25-24-37(40)34-54(52)60-58(51)57(50)59)41-27-28-49(43-16-6-5-15-42(41)43)56-47-20-9-7-18-45(47)55(46-19-8-10-21-48(46)56)39-26-23-35-13-3-4-14-36(35)31-39/h3-34H,1-2H3. The second-order valence-electron chi connectivity index (χ2n) is 17.2. The Balaban J connectivity index is 0.987. The Hall–Kier alpha value is -7.06. The fraction of sp³-hybridized carbons (Fsp3) is 0.0508. The van der Waals surface area contributed by atoms with Crippen LogP contribution < -0.4 is 0 Å². The number of benzene rings is 11. The molecule has 0 saturated carbocycles. The number of thiophene rings is 1. The molecular formula is C59H38S. The smallest absolute Gasteiger partial charge is 0.0402 e. The topological polar surface area (TPSA) is 0 Å². The van der Waals surface area contributed by atoms with Gasteiger partial charge in [0.2, 0.25) is 0 Å². The molecule has 0 N–H and O–H groups in total. The highest BCUT2D eigenvalue weighted by Crippen LogP contribution is 2.54. The minimum Gasteiger partial charge on any atom is -0.135 e. The molecule has 1 aromatic heterocycles. The van der Waals surface area contributed by atoms with Crippen molar-refractivity contribution in [2.75, 3.05) is 0 Å². The molecule has 0 aliphatic heterocycles. The van der Waals surface area contributed by atoms with Gasteiger partial charge in [-0.25, -0.2) is 0 Å². The van der Waals surface area contributed by atoms with Crippen molar-refractivity contribution in [2.45, 2.75) is 19.3 Å². The fourth-order valence-electron chi connectivity index (χ4n) is 10.8. The van der Waals surface area contributed by atoms with Crippen LogP contribution in [0.3, 0.4) is 0 Å². The molecule has 280 valence electrons. The van der Waals surface area contributed by atoms with Crippen molar-refractivity contribution in [1.29, 1.82) is 0 Å². The van der Waals surface area contributed by atoms with Crippen LogP contribution >= 0.6 is 11.3 Å². The first-order valence-electron chi connectivity index (χ1n) is 21.0. The molecule has 0 saturated heterocycles. The van der Waals surface area contributed by atoms with E-state index in [0.29, 0.717) is 0 Å². The molecule has 0 amide bonds. The Morgan fingerprint density at radius 3 is 1.65 bits per heavy atom. The second-order valence-corrected chi connectivity index (χ2v) is 18.2. The first-order chi connectivity index (χ1) is 29.5. The summed E-state index contributed by atoms with van der Waals surface area (Å²) in [7, 11) is 0. The summed E-state index contributed by atoms with van der Waals surface area (Å²) in [5.41, 5.74) is 13.2. The number of rotatable bonds is 3. The second kappa shape index (κ2) is 12.5. The zero-order valence-corrected chi connectivity index (χ0v) is 34.2. The van der Waals surface area contributed by atoms with Gasteiger partial charge in [-0.05, 0) is 134 Å². The quantitative estimate of drug-likeness (QED) is 0.157. The van der Waals surface area contributed by atoms with E-state index in [1.54, 1.807) is 0 Å². The highest BCUT2D eigenvalue weighted by molar-refractivity contribution is 7.26. The van der Waals surface area contributed by atoms with Crippen LogP contribution in [0.25, 0.3) is 119 Å². The highest BCUT2D eigenvalue weighted by Gasteiger charge is 2.37. The maximum Gasteiger partial charge on any atom is 0.0402 e. The summed E-state index contributed by atoms with van der Waals surface area (Å²) in [5, 5.41) is 15.4. The monoisotopic (exact) mass is 778 g/mol. The zero-order valence-electron chi connectivity index (χ0n) is 33.4. The normalized spacial score (nSPS) is 13.3. The third-order valence-electron chi connectivity index (χ3n) is 13.6. The summed E-state index contributed by atoms with van der Waals surface area (Å²) in [6, 6.07) is 72.9. The highest BCUT2D eigenvalue weighted by atomic mass is 32.1. The van der Waals surface area contributed by atoms with Crippen molar-refractivity contribution < 1.29 is 0 Å². The van der Waals surface area contributed by atoms with E-state index in [-0.39, 0.29) is 5.41 Å². The molecule has 1 heterocycles. The van der Waals surface area contributed by atoms with Crippen LogP contribution in [-0.4, -0.2) is 0 Å². The van der Waals surface area contributed by atoms with Crippen LogP contribution in [-0.2, 0) is 5.41 Å². The van der Waals surface area contributed by atoms with Gasteiger partial charge in [-0.1, -0.05) is 184 Å². The molecule has 0 nitrogen and oxygen atoms in total. The molecule has 1 aliphatic rings. The lowest BCUT2D eigenvalue weighted by molar-refractivity contribution is 0.667. The van der Waals surface area contributed by atoms with Crippen LogP contribution in [0.15, 0.2) is 194 Å². The lowest BCUT2D eigenvalue weighted by Gasteiger charge is -2.22. The van der Waals surface area contributed by atoms with E-state index < -0.39 is 0 Å². The average Bonchev–Trinajstić information content (AvgIpc) is 3.77. The van der Waals surface area contributed by atoms with Gasteiger partial charge in [-0.15, -0.1) is 11.3 Å². The molecule has 0 bridgehead atoms. The predicted molar refractivity (Wildman–Crippen MR) is 261 cm³/mol. The average molecular weight is 779 g/mol. The molecule has 0 unspecified atom stereocenters. The summed E-state index contributed by atoms with van der Waals surface area (Å²) in [5.74, 6) is 0. The SMILES string of the molecule is CC1(C)c2ccccc2-c2ccc3c(sc4cc5ccc(-c6ccc(-c7c8ccccc8c(-c8ccc9ccccc9c8)c8ccccc78)c7ccccc67)cc5cc43)c21. The summed E-state index contributed by atoms with van der Waals surface area (Å²) in [6.07, 6.45) is 0. The molecule has 13 rings (SSSR count). The largest absolute Gasteiger partial charge is 0.135 e. The number of hydrogen-bond acceptors (Lipinski definition) is 1. The molecule has 60 heavy (non-hydrogen) atoms. The van der Waals surface area contributed by atoms with Crippen molar-refractivity contribution in [3.8, 4) is 44.5 Å². The summed E-state index contributed by atoms with van der Waals surface area (Å²) in [4.78, 5) is 0. The molecule has 11 aromatic carbocycles. The van der Waals surface area contributed by atoms with Gasteiger partial charge in [0.1, 0.15) is 0 Å². The van der Waals surface area contributed by atoms with E-state index >= 15 is 0 Å². The Bertz CT molecular complexity index is 3750. The predicted octanol–water partition coefficient (Wildman–Crippen LogP) is 17.1. The Morgan fingerprint density at radius 2 is 0.883 bits per heavy atom. The van der Waals surface area contributed by atoms with Crippen molar-refractivity contribution >= 4 is 85.4 Å². The Labute approximate surface area is 352 Å². The lowest BCUT2D eigenvalue weighted by Crippen LogP contribution is -2.14. The Kier molecular flexibility index (Phi) is 7.04. The van der Waals surface area contributed by atoms with Crippen LogP contribution in [0.4, 0.5) is 0 Å². The number of fused-ring (bicyclic) bond motifs is 12. The number of hydrogen-bond donors (Lipinski definition) is 0. The van der Waals surface area contributed by atoms with Crippen LogP contribution in [0.5, 0.6) is 0 Å². The maximum absolute atomic E-state index is 2.44. The van der Waals surface area contributed by atoms with E-state index in [4.69, 9.17) is 0 Å². The third-order valence-corrected chi connectivity index (χ3v) is 14.8. The van der Waals surface area contributed by atoms with Crippen molar-refractivity contribution in [3.63, 3.8) is 0 Å². The molecular weight excluding hydrogens is 741 g/mol. The minimum absolute atomic E-state index is 0.0377. The van der Waals surface area contributed by atoms with Gasteiger partial charge in [0.15, 0.2) is 0 Å². The summed E-state index contributed by atoms with van der Waals surface area (Å²) in [6.45, 7) is 4.79. The van der Waals surface area contributed by atoms with Gasteiger partial charge in [-0.2, -0.15) is 0 Å². The zero-order chi connectivity index (χ0) is 39.7. The Morgan fingerprint density at radius 1 is 0.333 bits per heavy atom. The van der Waals surface area contributed by atoms with Crippen molar-refractivity contribution in [2.24, 2.45) is 0 Å². The minimum atomic E-state index is -0.0377. The van der Waals surface area contributed by atoms with Gasteiger partial charge in [0.25, 0.3) is 0 Å². The van der Waals surface area contributed by atoms with Gasteiger partial charge in [0, 0.05) is 25.6 Å². The van der Waals surface area contributed by atoms with E-state index in [0.717, 1.165) is 0 Å². The van der Waals surface area contributed by atoms with Gasteiger partial charge in [-0.3, -0.25) is 0 Å². The molecule has 12 aromatic rings. The molecule has 0 radical (unpaired) electrons. The van der Waals surface area contributed by atoms with Crippen LogP contribution in [0, 0.1) is 0 Å². The molecule has 0 atom stereocenters. The molecule has 1 aliphatic carbocycles. The first kappa shape index (κ1) is 33.9. The van der Waals surface area contributed by atoms with Crippen LogP contribution in [0.2, 0.25) is 0 Å². The van der Waals surface area contributed by atoms with Crippen LogP contribution in [0.1, 0.15) is 25.0 Å². The molecule has 1 heteroatoms. The van der Waals surface area contributed by atoms with E-state index in [2.05, 4.69) is 208 Å². The van der Waals surface area contributed by atoms with Gasteiger partial charge in [0.05, 0.1) is 0 Å².